The van der Waals surface area contributed by atoms with E-state index >= 15 is 0 Å². The summed E-state index contributed by atoms with van der Waals surface area (Å²) in [4.78, 5) is 27.8. The van der Waals surface area contributed by atoms with E-state index in [1.165, 1.54) is 0 Å². The van der Waals surface area contributed by atoms with E-state index in [0.717, 1.165) is 24.0 Å². The van der Waals surface area contributed by atoms with E-state index in [1.54, 1.807) is 30.0 Å². The van der Waals surface area contributed by atoms with Crippen LogP contribution in [0.1, 0.15) is 39.1 Å². The van der Waals surface area contributed by atoms with Crippen molar-refractivity contribution in [3.63, 3.8) is 0 Å². The molecule has 30 heavy (non-hydrogen) atoms. The Kier molecular flexibility index (Phi) is 5.66. The first-order valence-corrected chi connectivity index (χ1v) is 10.3. The number of piperidine rings is 1. The number of amides is 1. The standard InChI is InChI=1S/C26H25NO3/c1-18-23(10-5-11-24(18)28)26(30)27-16-6-9-22(17-27)25(29)21-14-12-20(13-15-21)19-7-3-2-4-8-19/h2-5,7-8,10-15,22,28H,6,9,16-17H2,1H3. The summed E-state index contributed by atoms with van der Waals surface area (Å²) >= 11 is 0. The lowest BCUT2D eigenvalue weighted by Crippen LogP contribution is -2.42. The normalized spacial score (nSPS) is 16.3. The van der Waals surface area contributed by atoms with Crippen molar-refractivity contribution in [2.24, 2.45) is 5.92 Å². The van der Waals surface area contributed by atoms with Crippen LogP contribution >= 0.6 is 0 Å². The number of nitrogens with zero attached hydrogens (tertiary/aromatic N) is 1. The molecular weight excluding hydrogens is 374 g/mol. The van der Waals surface area contributed by atoms with Crippen molar-refractivity contribution in [3.8, 4) is 16.9 Å². The van der Waals surface area contributed by atoms with Gasteiger partial charge in [-0.15, -0.1) is 0 Å². The van der Waals surface area contributed by atoms with E-state index in [-0.39, 0.29) is 23.4 Å². The third-order valence-corrected chi connectivity index (χ3v) is 5.89. The molecule has 4 heteroatoms. The quantitative estimate of drug-likeness (QED) is 0.621. The number of likely N-dealkylation sites (tertiary alicyclic amines) is 1. The molecule has 0 spiro atoms. The van der Waals surface area contributed by atoms with Gasteiger partial charge in [-0.05, 0) is 43.0 Å². The molecule has 1 unspecified atom stereocenters. The Hall–Kier alpha value is -3.40. The number of rotatable bonds is 4. The maximum absolute atomic E-state index is 13.1. The van der Waals surface area contributed by atoms with Crippen molar-refractivity contribution >= 4 is 11.7 Å². The summed E-state index contributed by atoms with van der Waals surface area (Å²) in [6.45, 7) is 2.78. The molecule has 3 aromatic rings. The molecule has 0 aromatic heterocycles. The van der Waals surface area contributed by atoms with Gasteiger partial charge in [0.25, 0.3) is 5.91 Å². The van der Waals surface area contributed by atoms with Crippen molar-refractivity contribution in [3.05, 3.63) is 89.5 Å². The highest BCUT2D eigenvalue weighted by atomic mass is 16.3. The fourth-order valence-electron chi connectivity index (χ4n) is 4.09. The maximum atomic E-state index is 13.1. The number of Topliss-reactive ketones (excluding diaryl/α,β-unsaturated/α-hetero) is 1. The molecular formula is C26H25NO3. The van der Waals surface area contributed by atoms with Crippen LogP contribution in [-0.2, 0) is 0 Å². The Morgan fingerprint density at radius 1 is 0.900 bits per heavy atom. The highest BCUT2D eigenvalue weighted by Gasteiger charge is 2.30. The summed E-state index contributed by atoms with van der Waals surface area (Å²) in [5.74, 6) is -0.132. The van der Waals surface area contributed by atoms with Gasteiger partial charge in [-0.2, -0.15) is 0 Å². The molecule has 1 N–H and O–H groups in total. The molecule has 152 valence electrons. The second kappa shape index (κ2) is 8.54. The molecule has 1 heterocycles. The number of phenols is 1. The number of aromatic hydroxyl groups is 1. The number of phenolic OH excluding ortho intramolecular Hbond substituents is 1. The molecule has 1 saturated heterocycles. The zero-order valence-electron chi connectivity index (χ0n) is 17.0. The average Bonchev–Trinajstić information content (AvgIpc) is 2.81. The summed E-state index contributed by atoms with van der Waals surface area (Å²) in [5, 5.41) is 9.92. The van der Waals surface area contributed by atoms with Crippen LogP contribution in [-0.4, -0.2) is 34.8 Å². The average molecular weight is 399 g/mol. The second-order valence-corrected chi connectivity index (χ2v) is 7.85. The van der Waals surface area contributed by atoms with Crippen molar-refractivity contribution in [1.82, 2.24) is 4.90 Å². The van der Waals surface area contributed by atoms with Crippen molar-refractivity contribution in [1.29, 1.82) is 0 Å². The van der Waals surface area contributed by atoms with Crippen LogP contribution in [0, 0.1) is 12.8 Å². The SMILES string of the molecule is Cc1c(O)cccc1C(=O)N1CCCC(C(=O)c2ccc(-c3ccccc3)cc2)C1. The Morgan fingerprint density at radius 2 is 1.60 bits per heavy atom. The van der Waals surface area contributed by atoms with Gasteiger partial charge in [-0.1, -0.05) is 60.7 Å². The summed E-state index contributed by atoms with van der Waals surface area (Å²) in [6.07, 6.45) is 1.57. The fraction of sp³-hybridized carbons (Fsp3) is 0.231. The summed E-state index contributed by atoms with van der Waals surface area (Å²) in [7, 11) is 0. The van der Waals surface area contributed by atoms with E-state index < -0.39 is 0 Å². The summed E-state index contributed by atoms with van der Waals surface area (Å²) in [6, 6.07) is 22.8. The summed E-state index contributed by atoms with van der Waals surface area (Å²) in [5.41, 5.74) is 3.95. The minimum absolute atomic E-state index is 0.0831. The fourth-order valence-corrected chi connectivity index (χ4v) is 4.09. The van der Waals surface area contributed by atoms with Crippen molar-refractivity contribution < 1.29 is 14.7 Å². The molecule has 1 amide bonds. The van der Waals surface area contributed by atoms with Gasteiger partial charge >= 0.3 is 0 Å². The van der Waals surface area contributed by atoms with Crippen LogP contribution in [0.25, 0.3) is 11.1 Å². The minimum atomic E-state index is -0.206. The van der Waals surface area contributed by atoms with Gasteiger partial charge in [0, 0.05) is 35.7 Å². The van der Waals surface area contributed by atoms with Crippen molar-refractivity contribution in [2.75, 3.05) is 13.1 Å². The lowest BCUT2D eigenvalue weighted by molar-refractivity contribution is 0.0636. The van der Waals surface area contributed by atoms with Crippen LogP contribution in [0.2, 0.25) is 0 Å². The predicted octanol–water partition coefficient (Wildman–Crippen LogP) is 5.10. The molecule has 4 rings (SSSR count). The molecule has 1 fully saturated rings. The first-order valence-electron chi connectivity index (χ1n) is 10.3. The molecule has 1 atom stereocenters. The van der Waals surface area contributed by atoms with E-state index in [2.05, 4.69) is 0 Å². The minimum Gasteiger partial charge on any atom is -0.508 e. The maximum Gasteiger partial charge on any atom is 0.254 e. The summed E-state index contributed by atoms with van der Waals surface area (Å²) < 4.78 is 0. The number of carbonyl (C=O) groups is 2. The molecule has 0 aliphatic carbocycles. The first kappa shape index (κ1) is 19.9. The number of ketones is 1. The lowest BCUT2D eigenvalue weighted by Gasteiger charge is -2.32. The van der Waals surface area contributed by atoms with E-state index in [4.69, 9.17) is 0 Å². The molecule has 1 aliphatic rings. The van der Waals surface area contributed by atoms with Gasteiger partial charge in [0.05, 0.1) is 0 Å². The Morgan fingerprint density at radius 3 is 2.33 bits per heavy atom. The molecule has 0 radical (unpaired) electrons. The third kappa shape index (κ3) is 3.99. The van der Waals surface area contributed by atoms with Crippen LogP contribution < -0.4 is 0 Å². The molecule has 0 saturated carbocycles. The van der Waals surface area contributed by atoms with Crippen LogP contribution in [0.3, 0.4) is 0 Å². The Bertz CT molecular complexity index is 1060. The highest BCUT2D eigenvalue weighted by Crippen LogP contribution is 2.26. The zero-order valence-corrected chi connectivity index (χ0v) is 17.0. The van der Waals surface area contributed by atoms with Gasteiger partial charge in [-0.3, -0.25) is 9.59 Å². The van der Waals surface area contributed by atoms with E-state index in [9.17, 15) is 14.7 Å². The van der Waals surface area contributed by atoms with E-state index in [1.807, 2.05) is 54.6 Å². The number of hydrogen-bond acceptors (Lipinski definition) is 3. The zero-order chi connectivity index (χ0) is 21.1. The largest absolute Gasteiger partial charge is 0.508 e. The molecule has 3 aromatic carbocycles. The highest BCUT2D eigenvalue weighted by molar-refractivity contribution is 6.00. The second-order valence-electron chi connectivity index (χ2n) is 7.85. The molecule has 1 aliphatic heterocycles. The van der Waals surface area contributed by atoms with Crippen molar-refractivity contribution in [2.45, 2.75) is 19.8 Å². The predicted molar refractivity (Wildman–Crippen MR) is 118 cm³/mol. The monoisotopic (exact) mass is 399 g/mol. The van der Waals surface area contributed by atoms with Gasteiger partial charge in [0.1, 0.15) is 5.75 Å². The molecule has 0 bridgehead atoms. The van der Waals surface area contributed by atoms with Gasteiger partial charge in [0.2, 0.25) is 0 Å². The third-order valence-electron chi connectivity index (χ3n) is 5.89. The van der Waals surface area contributed by atoms with Crippen LogP contribution in [0.5, 0.6) is 5.75 Å². The smallest absolute Gasteiger partial charge is 0.254 e. The lowest BCUT2D eigenvalue weighted by atomic mass is 9.89. The number of benzene rings is 3. The number of carbonyl (C=O) groups excluding carboxylic acids is 2. The van der Waals surface area contributed by atoms with Gasteiger partial charge in [-0.25, -0.2) is 0 Å². The Balaban J connectivity index is 1.48. The first-order chi connectivity index (χ1) is 14.5. The molecule has 4 nitrogen and oxygen atoms in total. The van der Waals surface area contributed by atoms with E-state index in [0.29, 0.717) is 29.8 Å². The van der Waals surface area contributed by atoms with Gasteiger partial charge in [0.15, 0.2) is 5.78 Å². The topological polar surface area (TPSA) is 57.6 Å². The Labute approximate surface area is 176 Å². The number of hydrogen-bond donors (Lipinski definition) is 1. The van der Waals surface area contributed by atoms with Gasteiger partial charge < -0.3 is 10.0 Å². The van der Waals surface area contributed by atoms with Crippen LogP contribution in [0.15, 0.2) is 72.8 Å². The van der Waals surface area contributed by atoms with Crippen LogP contribution in [0.4, 0.5) is 0 Å².